The summed E-state index contributed by atoms with van der Waals surface area (Å²) in [6.45, 7) is 0.0689. The predicted octanol–water partition coefficient (Wildman–Crippen LogP) is 1.76. The maximum Gasteiger partial charge on any atom is 0.378 e. The van der Waals surface area contributed by atoms with Crippen molar-refractivity contribution in [3.05, 3.63) is 106 Å². The first-order valence-electron chi connectivity index (χ1n) is 10.3. The lowest BCUT2D eigenvalue weighted by atomic mass is 10.1. The van der Waals surface area contributed by atoms with E-state index in [4.69, 9.17) is 19.9 Å². The van der Waals surface area contributed by atoms with Crippen molar-refractivity contribution in [2.45, 2.75) is 32.0 Å². The number of aromatic nitrogens is 2. The lowest BCUT2D eigenvalue weighted by Gasteiger charge is -2.21. The molecule has 1 aliphatic rings. The molecule has 3 N–H and O–H groups in total. The summed E-state index contributed by atoms with van der Waals surface area (Å²) in [6.07, 6.45) is -1.04. The van der Waals surface area contributed by atoms with Crippen molar-refractivity contribution >= 4 is 11.8 Å². The maximum atomic E-state index is 12.6. The highest BCUT2D eigenvalue weighted by Gasteiger charge is 2.42. The van der Waals surface area contributed by atoms with E-state index in [-0.39, 0.29) is 37.1 Å². The van der Waals surface area contributed by atoms with E-state index in [1.165, 1.54) is 16.8 Å². The molecule has 0 aliphatic carbocycles. The molecule has 0 spiro atoms. The largest absolute Gasteiger partial charge is 0.485 e. The fourth-order valence-corrected chi connectivity index (χ4v) is 3.33. The molecular weight excluding hydrogens is 426 g/mol. The number of ether oxygens (including phenoxy) is 3. The number of nitrogens with two attached hydrogens (primary N) is 1. The number of cyclic esters (lactones) is 1. The highest BCUT2D eigenvalue weighted by molar-refractivity contribution is 5.89. The monoisotopic (exact) mass is 449 g/mol. The van der Waals surface area contributed by atoms with Gasteiger partial charge in [-0.05, 0) is 17.2 Å². The summed E-state index contributed by atoms with van der Waals surface area (Å²) in [5, 5.41) is 10.8. The van der Waals surface area contributed by atoms with Crippen molar-refractivity contribution in [1.82, 2.24) is 9.55 Å². The molecule has 0 fully saturated rings. The standard InChI is InChI=1S/C24H23N3O6/c25-19-11-12-27(24(30)26-19)13-18(28)20-21(31-14-16-7-3-1-4-8-16)22(23(29)33-20)32-15-17-9-5-2-6-10-17/h1-12,18,20,28H,13-15H2,(H2,25,26,30). The minimum atomic E-state index is -1.29. The molecule has 0 saturated heterocycles. The Balaban J connectivity index is 1.57. The van der Waals surface area contributed by atoms with Crippen LogP contribution in [-0.2, 0) is 38.8 Å². The Kier molecular flexibility index (Phi) is 6.70. The fourth-order valence-electron chi connectivity index (χ4n) is 3.33. The molecule has 2 heterocycles. The number of aliphatic hydroxyl groups excluding tert-OH is 1. The summed E-state index contributed by atoms with van der Waals surface area (Å²) in [5.41, 5.74) is 6.60. The zero-order valence-corrected chi connectivity index (χ0v) is 17.7. The zero-order chi connectivity index (χ0) is 23.2. The molecule has 1 aliphatic heterocycles. The van der Waals surface area contributed by atoms with Crippen LogP contribution >= 0.6 is 0 Å². The average molecular weight is 449 g/mol. The molecular formula is C24H23N3O6. The van der Waals surface area contributed by atoms with Gasteiger partial charge in [0.1, 0.15) is 25.1 Å². The van der Waals surface area contributed by atoms with E-state index in [0.717, 1.165) is 11.1 Å². The Bertz CT molecular complexity index is 1190. The van der Waals surface area contributed by atoms with E-state index in [9.17, 15) is 14.7 Å². The van der Waals surface area contributed by atoms with Crippen LogP contribution in [-0.4, -0.2) is 32.8 Å². The Morgan fingerprint density at radius 3 is 2.18 bits per heavy atom. The number of rotatable bonds is 9. The normalized spacial score (nSPS) is 16.4. The Labute approximate surface area is 189 Å². The molecule has 2 atom stereocenters. The number of aliphatic hydroxyl groups is 1. The van der Waals surface area contributed by atoms with E-state index in [1.807, 2.05) is 60.7 Å². The van der Waals surface area contributed by atoms with Gasteiger partial charge in [0.05, 0.1) is 6.54 Å². The van der Waals surface area contributed by atoms with Gasteiger partial charge in [0.15, 0.2) is 11.9 Å². The number of nitrogen functional groups attached to an aromatic ring is 1. The van der Waals surface area contributed by atoms with Crippen LogP contribution in [0.25, 0.3) is 0 Å². The van der Waals surface area contributed by atoms with Gasteiger partial charge in [-0.3, -0.25) is 4.57 Å². The molecule has 9 nitrogen and oxygen atoms in total. The Morgan fingerprint density at radius 1 is 0.970 bits per heavy atom. The number of benzene rings is 2. The molecule has 4 rings (SSSR count). The third-order valence-corrected chi connectivity index (χ3v) is 4.99. The highest BCUT2D eigenvalue weighted by Crippen LogP contribution is 2.29. The van der Waals surface area contributed by atoms with Crippen LogP contribution in [0.15, 0.2) is 89.2 Å². The van der Waals surface area contributed by atoms with Crippen molar-refractivity contribution < 1.29 is 24.1 Å². The lowest BCUT2D eigenvalue weighted by Crippen LogP contribution is -2.37. The maximum absolute atomic E-state index is 12.6. The first kappa shape index (κ1) is 22.1. The first-order valence-corrected chi connectivity index (χ1v) is 10.3. The molecule has 0 radical (unpaired) electrons. The van der Waals surface area contributed by atoms with Gasteiger partial charge in [-0.15, -0.1) is 0 Å². The molecule has 0 amide bonds. The van der Waals surface area contributed by atoms with E-state index < -0.39 is 23.9 Å². The van der Waals surface area contributed by atoms with Crippen molar-refractivity contribution in [3.8, 4) is 0 Å². The van der Waals surface area contributed by atoms with E-state index in [0.29, 0.717) is 0 Å². The van der Waals surface area contributed by atoms with Gasteiger partial charge in [0, 0.05) is 6.20 Å². The first-order chi connectivity index (χ1) is 16.0. The fraction of sp³-hybridized carbons (Fsp3) is 0.208. The summed E-state index contributed by atoms with van der Waals surface area (Å²) in [4.78, 5) is 28.3. The van der Waals surface area contributed by atoms with Gasteiger partial charge in [0.25, 0.3) is 0 Å². The van der Waals surface area contributed by atoms with Crippen molar-refractivity contribution in [1.29, 1.82) is 0 Å². The number of hydrogen-bond donors (Lipinski definition) is 2. The van der Waals surface area contributed by atoms with Crippen LogP contribution in [0.1, 0.15) is 11.1 Å². The molecule has 2 aromatic carbocycles. The summed E-state index contributed by atoms with van der Waals surface area (Å²) >= 11 is 0. The van der Waals surface area contributed by atoms with Crippen LogP contribution in [0.3, 0.4) is 0 Å². The van der Waals surface area contributed by atoms with Gasteiger partial charge >= 0.3 is 11.7 Å². The number of hydrogen-bond acceptors (Lipinski definition) is 8. The lowest BCUT2D eigenvalue weighted by molar-refractivity contribution is -0.148. The van der Waals surface area contributed by atoms with Gasteiger partial charge in [-0.1, -0.05) is 60.7 Å². The molecule has 9 heteroatoms. The molecule has 0 bridgehead atoms. The Morgan fingerprint density at radius 2 is 1.58 bits per heavy atom. The van der Waals surface area contributed by atoms with Crippen LogP contribution in [0.2, 0.25) is 0 Å². The van der Waals surface area contributed by atoms with E-state index >= 15 is 0 Å². The second-order valence-electron chi connectivity index (χ2n) is 7.42. The SMILES string of the molecule is Nc1ccn(CC(O)C2OC(=O)C(OCc3ccccc3)=C2OCc2ccccc2)c(=O)n1. The minimum Gasteiger partial charge on any atom is -0.485 e. The van der Waals surface area contributed by atoms with Crippen molar-refractivity contribution in [2.75, 3.05) is 5.73 Å². The van der Waals surface area contributed by atoms with E-state index in [1.54, 1.807) is 0 Å². The number of carbonyl (C=O) groups is 1. The topological polar surface area (TPSA) is 126 Å². The Hall–Kier alpha value is -4.11. The van der Waals surface area contributed by atoms with Crippen molar-refractivity contribution in [2.24, 2.45) is 0 Å². The quantitative estimate of drug-likeness (QED) is 0.473. The van der Waals surface area contributed by atoms with Gasteiger partial charge in [0.2, 0.25) is 5.76 Å². The highest BCUT2D eigenvalue weighted by atomic mass is 16.6. The summed E-state index contributed by atoms with van der Waals surface area (Å²) in [5.74, 6) is -0.715. The molecule has 33 heavy (non-hydrogen) atoms. The summed E-state index contributed by atoms with van der Waals surface area (Å²) in [6, 6.07) is 20.1. The third kappa shape index (κ3) is 5.39. The number of esters is 1. The molecule has 2 unspecified atom stereocenters. The molecule has 1 aromatic heterocycles. The third-order valence-electron chi connectivity index (χ3n) is 4.99. The second-order valence-corrected chi connectivity index (χ2v) is 7.42. The summed E-state index contributed by atoms with van der Waals surface area (Å²) in [7, 11) is 0. The van der Waals surface area contributed by atoms with E-state index in [2.05, 4.69) is 4.98 Å². The number of anilines is 1. The smallest absolute Gasteiger partial charge is 0.378 e. The van der Waals surface area contributed by atoms with Crippen LogP contribution < -0.4 is 11.4 Å². The van der Waals surface area contributed by atoms with Gasteiger partial charge in [-0.2, -0.15) is 4.98 Å². The molecule has 170 valence electrons. The average Bonchev–Trinajstić information content (AvgIpc) is 3.14. The molecule has 0 saturated carbocycles. The van der Waals surface area contributed by atoms with Crippen LogP contribution in [0, 0.1) is 0 Å². The molecule has 3 aromatic rings. The number of carbonyl (C=O) groups excluding carboxylic acids is 1. The predicted molar refractivity (Wildman–Crippen MR) is 118 cm³/mol. The van der Waals surface area contributed by atoms with Gasteiger partial charge in [-0.25, -0.2) is 9.59 Å². The summed E-state index contributed by atoms with van der Waals surface area (Å²) < 4.78 is 18.2. The van der Waals surface area contributed by atoms with Crippen molar-refractivity contribution in [3.63, 3.8) is 0 Å². The van der Waals surface area contributed by atoms with Crippen LogP contribution in [0.5, 0.6) is 0 Å². The zero-order valence-electron chi connectivity index (χ0n) is 17.7. The van der Waals surface area contributed by atoms with Gasteiger partial charge < -0.3 is 25.1 Å². The second kappa shape index (κ2) is 10.0. The number of nitrogens with zero attached hydrogens (tertiary/aromatic N) is 2. The minimum absolute atomic E-state index is 0.0708. The van der Waals surface area contributed by atoms with Crippen LogP contribution in [0.4, 0.5) is 5.82 Å².